The minimum atomic E-state index is -3.56. The number of nitrogens with one attached hydrogen (secondary N) is 2. The van der Waals surface area contributed by atoms with Gasteiger partial charge in [-0.15, -0.1) is 0 Å². The monoisotopic (exact) mass is 346 g/mol. The highest BCUT2D eigenvalue weighted by molar-refractivity contribution is 7.89. The average molecular weight is 346 g/mol. The van der Waals surface area contributed by atoms with Crippen molar-refractivity contribution < 1.29 is 8.42 Å². The van der Waals surface area contributed by atoms with Crippen LogP contribution in [0.1, 0.15) is 19.3 Å². The van der Waals surface area contributed by atoms with Gasteiger partial charge >= 0.3 is 0 Å². The zero-order chi connectivity index (χ0) is 16.8. The van der Waals surface area contributed by atoms with Crippen molar-refractivity contribution in [1.29, 1.82) is 0 Å². The Morgan fingerprint density at radius 1 is 1.17 bits per heavy atom. The number of hydrogen-bond donors (Lipinski definition) is 2. The molecule has 6 nitrogen and oxygen atoms in total. The predicted molar refractivity (Wildman–Crippen MR) is 92.9 cm³/mol. The maximum absolute atomic E-state index is 12.3. The number of hydrogen-bond acceptors (Lipinski definition) is 5. The molecule has 0 spiro atoms. The van der Waals surface area contributed by atoms with Gasteiger partial charge in [0, 0.05) is 12.1 Å². The number of piperidine rings is 1. The van der Waals surface area contributed by atoms with E-state index in [0.29, 0.717) is 18.3 Å². The van der Waals surface area contributed by atoms with Crippen molar-refractivity contribution in [1.82, 2.24) is 20.0 Å². The van der Waals surface area contributed by atoms with E-state index in [4.69, 9.17) is 0 Å². The van der Waals surface area contributed by atoms with Crippen molar-refractivity contribution in [3.8, 4) is 11.4 Å². The molecular weight excluding hydrogens is 324 g/mol. The Morgan fingerprint density at radius 3 is 2.58 bits per heavy atom. The summed E-state index contributed by atoms with van der Waals surface area (Å²) in [6.45, 7) is 2.47. The van der Waals surface area contributed by atoms with E-state index >= 15 is 0 Å². The van der Waals surface area contributed by atoms with Crippen molar-refractivity contribution in [3.05, 3.63) is 42.7 Å². The molecule has 1 aromatic heterocycles. The molecule has 7 heteroatoms. The van der Waals surface area contributed by atoms with E-state index in [0.717, 1.165) is 37.9 Å². The van der Waals surface area contributed by atoms with Crippen LogP contribution in [0.2, 0.25) is 0 Å². The number of sulfonamides is 1. The largest absolute Gasteiger partial charge is 0.316 e. The van der Waals surface area contributed by atoms with Crippen LogP contribution in [-0.2, 0) is 10.0 Å². The molecule has 1 aromatic carbocycles. The topological polar surface area (TPSA) is 84.0 Å². The minimum Gasteiger partial charge on any atom is -0.316 e. The van der Waals surface area contributed by atoms with Crippen molar-refractivity contribution in [2.45, 2.75) is 24.2 Å². The van der Waals surface area contributed by atoms with E-state index < -0.39 is 10.0 Å². The SMILES string of the molecule is O=S(=O)(NCCC1CCCNC1)c1cnc(-c2ccccc2)nc1. The minimum absolute atomic E-state index is 0.101. The van der Waals surface area contributed by atoms with Crippen molar-refractivity contribution >= 4 is 10.0 Å². The number of benzene rings is 1. The lowest BCUT2D eigenvalue weighted by molar-refractivity contribution is 0.358. The van der Waals surface area contributed by atoms with Crippen LogP contribution in [0.15, 0.2) is 47.6 Å². The van der Waals surface area contributed by atoms with E-state index in [1.165, 1.54) is 12.4 Å². The lowest BCUT2D eigenvalue weighted by Crippen LogP contribution is -2.33. The summed E-state index contributed by atoms with van der Waals surface area (Å²) in [5.74, 6) is 1.06. The van der Waals surface area contributed by atoms with Gasteiger partial charge in [-0.1, -0.05) is 30.3 Å². The van der Waals surface area contributed by atoms with E-state index in [9.17, 15) is 8.42 Å². The van der Waals surface area contributed by atoms with Crippen LogP contribution in [0, 0.1) is 5.92 Å². The number of nitrogens with zero attached hydrogens (tertiary/aromatic N) is 2. The Morgan fingerprint density at radius 2 is 1.92 bits per heavy atom. The zero-order valence-corrected chi connectivity index (χ0v) is 14.3. The molecule has 2 heterocycles. The van der Waals surface area contributed by atoms with Gasteiger partial charge in [-0.05, 0) is 38.3 Å². The Labute approximate surface area is 142 Å². The summed E-state index contributed by atoms with van der Waals surface area (Å²) in [5, 5.41) is 3.34. The molecule has 0 aliphatic carbocycles. The molecule has 1 atom stereocenters. The fourth-order valence-corrected chi connectivity index (χ4v) is 3.78. The summed E-state index contributed by atoms with van der Waals surface area (Å²) in [4.78, 5) is 8.45. The molecule has 1 saturated heterocycles. The Bertz CT molecular complexity index is 742. The molecule has 0 saturated carbocycles. The fourth-order valence-electron chi connectivity index (χ4n) is 2.84. The van der Waals surface area contributed by atoms with E-state index in [1.54, 1.807) is 0 Å². The van der Waals surface area contributed by atoms with Gasteiger partial charge in [0.1, 0.15) is 4.90 Å². The molecule has 0 radical (unpaired) electrons. The highest BCUT2D eigenvalue weighted by Crippen LogP contribution is 2.16. The third-order valence-corrected chi connectivity index (χ3v) is 5.63. The first-order valence-electron chi connectivity index (χ1n) is 8.23. The van der Waals surface area contributed by atoms with Crippen LogP contribution in [0.25, 0.3) is 11.4 Å². The predicted octanol–water partition coefficient (Wildman–Crippen LogP) is 1.81. The second-order valence-electron chi connectivity index (χ2n) is 6.01. The maximum atomic E-state index is 12.3. The van der Waals surface area contributed by atoms with Crippen LogP contribution >= 0.6 is 0 Å². The molecule has 1 fully saturated rings. The Balaban J connectivity index is 1.60. The lowest BCUT2D eigenvalue weighted by Gasteiger charge is -2.22. The Kier molecular flexibility index (Phi) is 5.55. The van der Waals surface area contributed by atoms with Crippen LogP contribution < -0.4 is 10.0 Å². The molecule has 1 aliphatic heterocycles. The van der Waals surface area contributed by atoms with Gasteiger partial charge in [0.05, 0.1) is 12.4 Å². The van der Waals surface area contributed by atoms with Crippen molar-refractivity contribution in [2.75, 3.05) is 19.6 Å². The van der Waals surface area contributed by atoms with Gasteiger partial charge in [0.2, 0.25) is 10.0 Å². The highest BCUT2D eigenvalue weighted by atomic mass is 32.2. The molecule has 24 heavy (non-hydrogen) atoms. The van der Waals surface area contributed by atoms with Crippen LogP contribution in [-0.4, -0.2) is 38.0 Å². The zero-order valence-electron chi connectivity index (χ0n) is 13.5. The number of aromatic nitrogens is 2. The van der Waals surface area contributed by atoms with Gasteiger partial charge in [-0.25, -0.2) is 23.1 Å². The molecule has 0 amide bonds. The molecular formula is C17H22N4O2S. The summed E-state index contributed by atoms with van der Waals surface area (Å²) >= 11 is 0. The first-order chi connectivity index (χ1) is 11.6. The van der Waals surface area contributed by atoms with Crippen molar-refractivity contribution in [2.24, 2.45) is 5.92 Å². The quantitative estimate of drug-likeness (QED) is 0.833. The van der Waals surface area contributed by atoms with Crippen molar-refractivity contribution in [3.63, 3.8) is 0 Å². The highest BCUT2D eigenvalue weighted by Gasteiger charge is 2.17. The molecule has 128 valence electrons. The summed E-state index contributed by atoms with van der Waals surface area (Å²) in [6, 6.07) is 9.48. The van der Waals surface area contributed by atoms with E-state index in [1.807, 2.05) is 30.3 Å². The molecule has 2 aromatic rings. The van der Waals surface area contributed by atoms with Crippen LogP contribution in [0.4, 0.5) is 0 Å². The number of rotatable bonds is 6. The van der Waals surface area contributed by atoms with E-state index in [-0.39, 0.29) is 4.90 Å². The first-order valence-corrected chi connectivity index (χ1v) is 9.71. The first kappa shape index (κ1) is 17.0. The average Bonchev–Trinajstić information content (AvgIpc) is 2.63. The van der Waals surface area contributed by atoms with Gasteiger partial charge < -0.3 is 5.32 Å². The van der Waals surface area contributed by atoms with Crippen LogP contribution in [0.5, 0.6) is 0 Å². The fraction of sp³-hybridized carbons (Fsp3) is 0.412. The van der Waals surface area contributed by atoms with Gasteiger partial charge in [-0.3, -0.25) is 0 Å². The van der Waals surface area contributed by atoms with Crippen LogP contribution in [0.3, 0.4) is 0 Å². The second-order valence-corrected chi connectivity index (χ2v) is 7.77. The smallest absolute Gasteiger partial charge is 0.243 e. The summed E-state index contributed by atoms with van der Waals surface area (Å²) in [6.07, 6.45) is 5.88. The molecule has 3 rings (SSSR count). The summed E-state index contributed by atoms with van der Waals surface area (Å²) < 4.78 is 27.3. The Hall–Kier alpha value is -1.83. The second kappa shape index (κ2) is 7.83. The summed E-state index contributed by atoms with van der Waals surface area (Å²) in [5.41, 5.74) is 0.860. The summed E-state index contributed by atoms with van der Waals surface area (Å²) in [7, 11) is -3.56. The standard InChI is InChI=1S/C17H22N4O2S/c22-24(23,21-10-8-14-5-4-9-18-11-14)16-12-19-17(20-13-16)15-6-2-1-3-7-15/h1-3,6-7,12-14,18,21H,4-5,8-11H2. The van der Waals surface area contributed by atoms with Gasteiger partial charge in [0.25, 0.3) is 0 Å². The van der Waals surface area contributed by atoms with Gasteiger partial charge in [0.15, 0.2) is 5.82 Å². The molecule has 0 bridgehead atoms. The molecule has 1 aliphatic rings. The molecule has 2 N–H and O–H groups in total. The third-order valence-electron chi connectivity index (χ3n) is 4.21. The van der Waals surface area contributed by atoms with Gasteiger partial charge in [-0.2, -0.15) is 0 Å². The maximum Gasteiger partial charge on any atom is 0.243 e. The third kappa shape index (κ3) is 4.37. The molecule has 1 unspecified atom stereocenters. The lowest BCUT2D eigenvalue weighted by atomic mass is 9.96. The normalized spacial score (nSPS) is 18.4. The van der Waals surface area contributed by atoms with E-state index in [2.05, 4.69) is 20.0 Å².